The Hall–Kier alpha value is -1.47. The van der Waals surface area contributed by atoms with Gasteiger partial charge in [-0.2, -0.15) is 0 Å². The van der Waals surface area contributed by atoms with E-state index in [9.17, 15) is 17.6 Å². The van der Waals surface area contributed by atoms with Crippen molar-refractivity contribution in [3.63, 3.8) is 0 Å². The lowest BCUT2D eigenvalue weighted by Gasteiger charge is -2.05. The van der Waals surface area contributed by atoms with E-state index in [4.69, 9.17) is 5.11 Å². The maximum absolute atomic E-state index is 12.8. The molecule has 0 saturated carbocycles. The SMILES string of the molecule is O=C(O)CCNS(=O)(=O)Cc1cccc(F)c1. The van der Waals surface area contributed by atoms with Crippen LogP contribution in [0.25, 0.3) is 0 Å². The van der Waals surface area contributed by atoms with Gasteiger partial charge in [0, 0.05) is 6.54 Å². The highest BCUT2D eigenvalue weighted by atomic mass is 32.2. The van der Waals surface area contributed by atoms with Crippen LogP contribution in [0.4, 0.5) is 4.39 Å². The molecule has 1 aromatic carbocycles. The van der Waals surface area contributed by atoms with Crippen LogP contribution in [0.15, 0.2) is 24.3 Å². The first-order valence-electron chi connectivity index (χ1n) is 4.82. The van der Waals surface area contributed by atoms with E-state index in [1.54, 1.807) is 0 Å². The number of rotatable bonds is 6. The first-order chi connectivity index (χ1) is 7.89. The number of halogens is 1. The van der Waals surface area contributed by atoms with Crippen molar-refractivity contribution < 1.29 is 22.7 Å². The van der Waals surface area contributed by atoms with Crippen molar-refractivity contribution in [2.45, 2.75) is 12.2 Å². The smallest absolute Gasteiger partial charge is 0.304 e. The van der Waals surface area contributed by atoms with Crippen LogP contribution in [0.5, 0.6) is 0 Å². The Balaban J connectivity index is 2.57. The standard InChI is InChI=1S/C10H12FNO4S/c11-9-3-1-2-8(6-9)7-17(15,16)12-5-4-10(13)14/h1-3,6,12H,4-5,7H2,(H,13,14). The van der Waals surface area contributed by atoms with E-state index < -0.39 is 21.8 Å². The molecule has 2 N–H and O–H groups in total. The summed E-state index contributed by atoms with van der Waals surface area (Å²) in [6.07, 6.45) is -0.289. The molecule has 0 fully saturated rings. The zero-order valence-corrected chi connectivity index (χ0v) is 9.71. The highest BCUT2D eigenvalue weighted by Crippen LogP contribution is 2.07. The molecule has 1 aromatic rings. The quantitative estimate of drug-likeness (QED) is 0.790. The third kappa shape index (κ3) is 5.41. The minimum atomic E-state index is -3.63. The first kappa shape index (κ1) is 13.6. The van der Waals surface area contributed by atoms with Gasteiger partial charge in [-0.1, -0.05) is 12.1 Å². The molecule has 1 rings (SSSR count). The van der Waals surface area contributed by atoms with Crippen molar-refractivity contribution in [2.24, 2.45) is 0 Å². The Bertz CT molecular complexity index is 501. The van der Waals surface area contributed by atoms with Gasteiger partial charge < -0.3 is 5.11 Å². The molecule has 94 valence electrons. The van der Waals surface area contributed by atoms with E-state index in [0.717, 1.165) is 6.07 Å². The van der Waals surface area contributed by atoms with Crippen LogP contribution < -0.4 is 4.72 Å². The zero-order chi connectivity index (χ0) is 12.9. The summed E-state index contributed by atoms with van der Waals surface area (Å²) in [7, 11) is -3.63. The van der Waals surface area contributed by atoms with Crippen molar-refractivity contribution in [1.29, 1.82) is 0 Å². The maximum atomic E-state index is 12.8. The average molecular weight is 261 g/mol. The predicted molar refractivity (Wildman–Crippen MR) is 59.3 cm³/mol. The molecule has 0 amide bonds. The third-order valence-electron chi connectivity index (χ3n) is 1.91. The fourth-order valence-corrected chi connectivity index (χ4v) is 2.34. The highest BCUT2D eigenvalue weighted by Gasteiger charge is 2.12. The predicted octanol–water partition coefficient (Wildman–Crippen LogP) is 0.720. The Morgan fingerprint density at radius 1 is 1.41 bits per heavy atom. The summed E-state index contributed by atoms with van der Waals surface area (Å²) in [5.74, 6) is -1.97. The molecule has 0 aliphatic rings. The van der Waals surface area contributed by atoms with E-state index in [1.807, 2.05) is 0 Å². The molecule has 17 heavy (non-hydrogen) atoms. The van der Waals surface area contributed by atoms with Crippen LogP contribution >= 0.6 is 0 Å². The number of carbonyl (C=O) groups is 1. The number of nitrogens with one attached hydrogen (secondary N) is 1. The molecule has 5 nitrogen and oxygen atoms in total. The maximum Gasteiger partial charge on any atom is 0.304 e. The third-order valence-corrected chi connectivity index (χ3v) is 3.26. The molecule has 0 saturated heterocycles. The minimum Gasteiger partial charge on any atom is -0.481 e. The van der Waals surface area contributed by atoms with Gasteiger partial charge >= 0.3 is 5.97 Å². The van der Waals surface area contributed by atoms with Crippen LogP contribution in [-0.4, -0.2) is 26.0 Å². The monoisotopic (exact) mass is 261 g/mol. The molecule has 0 radical (unpaired) electrons. The molecular formula is C10H12FNO4S. The van der Waals surface area contributed by atoms with Gasteiger partial charge in [0.15, 0.2) is 0 Å². The number of benzene rings is 1. The molecule has 0 bridgehead atoms. The molecular weight excluding hydrogens is 249 g/mol. The first-order valence-corrected chi connectivity index (χ1v) is 6.48. The molecule has 7 heteroatoms. The lowest BCUT2D eigenvalue weighted by Crippen LogP contribution is -2.27. The molecule has 0 heterocycles. The Morgan fingerprint density at radius 2 is 2.12 bits per heavy atom. The van der Waals surface area contributed by atoms with Crippen molar-refractivity contribution in [3.05, 3.63) is 35.6 Å². The number of hydrogen-bond acceptors (Lipinski definition) is 3. The van der Waals surface area contributed by atoms with Crippen LogP contribution in [0.1, 0.15) is 12.0 Å². The van der Waals surface area contributed by atoms with Crippen LogP contribution in [-0.2, 0) is 20.6 Å². The fourth-order valence-electron chi connectivity index (χ4n) is 1.21. The summed E-state index contributed by atoms with van der Waals surface area (Å²) >= 11 is 0. The molecule has 0 aliphatic carbocycles. The lowest BCUT2D eigenvalue weighted by molar-refractivity contribution is -0.136. The van der Waals surface area contributed by atoms with Crippen LogP contribution in [0, 0.1) is 5.82 Å². The van der Waals surface area contributed by atoms with E-state index in [1.165, 1.54) is 18.2 Å². The van der Waals surface area contributed by atoms with Crippen LogP contribution in [0.2, 0.25) is 0 Å². The van der Waals surface area contributed by atoms with E-state index in [0.29, 0.717) is 5.56 Å². The molecule has 0 aromatic heterocycles. The van der Waals surface area contributed by atoms with Gasteiger partial charge in [-0.25, -0.2) is 17.5 Å². The van der Waals surface area contributed by atoms with Gasteiger partial charge in [-0.05, 0) is 17.7 Å². The highest BCUT2D eigenvalue weighted by molar-refractivity contribution is 7.88. The number of hydrogen-bond donors (Lipinski definition) is 2. The average Bonchev–Trinajstić information content (AvgIpc) is 2.15. The number of sulfonamides is 1. The van der Waals surface area contributed by atoms with E-state index in [2.05, 4.69) is 4.72 Å². The second-order valence-corrected chi connectivity index (χ2v) is 5.23. The van der Waals surface area contributed by atoms with Crippen molar-refractivity contribution in [3.8, 4) is 0 Å². The van der Waals surface area contributed by atoms with Gasteiger partial charge in [0.1, 0.15) is 5.82 Å². The molecule has 0 spiro atoms. The number of carboxylic acid groups (broad SMARTS) is 1. The molecule has 0 unspecified atom stereocenters. The summed E-state index contributed by atoms with van der Waals surface area (Å²) in [6, 6.07) is 5.24. The van der Waals surface area contributed by atoms with Gasteiger partial charge in [0.05, 0.1) is 12.2 Å². The Labute approximate surface area is 98.3 Å². The minimum absolute atomic E-state index is 0.174. The molecule has 0 atom stereocenters. The number of carboxylic acids is 1. The largest absolute Gasteiger partial charge is 0.481 e. The second-order valence-electron chi connectivity index (χ2n) is 3.43. The Morgan fingerprint density at radius 3 is 2.71 bits per heavy atom. The summed E-state index contributed by atoms with van der Waals surface area (Å²) in [6.45, 7) is -0.174. The van der Waals surface area contributed by atoms with Crippen molar-refractivity contribution in [1.82, 2.24) is 4.72 Å². The van der Waals surface area contributed by atoms with Gasteiger partial charge in [-0.15, -0.1) is 0 Å². The van der Waals surface area contributed by atoms with Gasteiger partial charge in [0.25, 0.3) is 0 Å². The van der Waals surface area contributed by atoms with Crippen molar-refractivity contribution >= 4 is 16.0 Å². The molecule has 0 aliphatic heterocycles. The fraction of sp³-hybridized carbons (Fsp3) is 0.300. The lowest BCUT2D eigenvalue weighted by atomic mass is 10.2. The van der Waals surface area contributed by atoms with Crippen molar-refractivity contribution in [2.75, 3.05) is 6.54 Å². The summed E-state index contributed by atoms with van der Waals surface area (Å²) in [5, 5.41) is 8.35. The van der Waals surface area contributed by atoms with Gasteiger partial charge in [-0.3, -0.25) is 4.79 Å². The normalized spacial score (nSPS) is 11.4. The van der Waals surface area contributed by atoms with E-state index in [-0.39, 0.29) is 18.7 Å². The van der Waals surface area contributed by atoms with Crippen LogP contribution in [0.3, 0.4) is 0 Å². The summed E-state index contributed by atoms with van der Waals surface area (Å²) in [5.41, 5.74) is 0.313. The van der Waals surface area contributed by atoms with E-state index >= 15 is 0 Å². The zero-order valence-electron chi connectivity index (χ0n) is 8.89. The number of aliphatic carboxylic acids is 1. The summed E-state index contributed by atoms with van der Waals surface area (Å²) in [4.78, 5) is 10.2. The second kappa shape index (κ2) is 5.74. The summed E-state index contributed by atoms with van der Waals surface area (Å²) < 4.78 is 37.9. The topological polar surface area (TPSA) is 83.5 Å². The Kier molecular flexibility index (Phi) is 4.59. The van der Waals surface area contributed by atoms with Gasteiger partial charge in [0.2, 0.25) is 10.0 Å².